The zero-order valence-corrected chi connectivity index (χ0v) is 9.32. The Morgan fingerprint density at radius 3 is 2.88 bits per heavy atom. The largest absolute Gasteiger partial charge is 0.492 e. The van der Waals surface area contributed by atoms with Crippen molar-refractivity contribution in [3.8, 4) is 5.75 Å². The smallest absolute Gasteiger partial charge is 0.251 e. The lowest BCUT2D eigenvalue weighted by Crippen LogP contribution is -2.25. The van der Waals surface area contributed by atoms with E-state index in [0.29, 0.717) is 29.6 Å². The number of rotatable bonds is 4. The van der Waals surface area contributed by atoms with E-state index in [0.717, 1.165) is 12.8 Å². The number of benzene rings is 1. The van der Waals surface area contributed by atoms with Crippen LogP contribution in [0.3, 0.4) is 0 Å². The zero-order chi connectivity index (χ0) is 11.5. The summed E-state index contributed by atoms with van der Waals surface area (Å²) >= 11 is 0. The summed E-state index contributed by atoms with van der Waals surface area (Å²) in [7, 11) is 0. The second-order valence-corrected chi connectivity index (χ2v) is 3.93. The van der Waals surface area contributed by atoms with Crippen LogP contribution in [0.5, 0.6) is 5.75 Å². The predicted molar refractivity (Wildman–Crippen MR) is 62.5 cm³/mol. The summed E-state index contributed by atoms with van der Waals surface area (Å²) in [6.45, 7) is 2.46. The third kappa shape index (κ3) is 2.45. The van der Waals surface area contributed by atoms with Gasteiger partial charge in [-0.05, 0) is 38.0 Å². The topological polar surface area (TPSA) is 64.3 Å². The van der Waals surface area contributed by atoms with Crippen LogP contribution in [0.1, 0.15) is 30.1 Å². The normalized spacial score (nSPS) is 14.6. The molecule has 0 radical (unpaired) electrons. The van der Waals surface area contributed by atoms with Crippen molar-refractivity contribution >= 4 is 11.6 Å². The van der Waals surface area contributed by atoms with Crippen molar-refractivity contribution in [3.63, 3.8) is 0 Å². The van der Waals surface area contributed by atoms with Gasteiger partial charge < -0.3 is 15.8 Å². The van der Waals surface area contributed by atoms with Crippen molar-refractivity contribution < 1.29 is 9.53 Å². The summed E-state index contributed by atoms with van der Waals surface area (Å²) in [5.41, 5.74) is 6.88. The van der Waals surface area contributed by atoms with Crippen molar-refractivity contribution in [2.45, 2.75) is 25.8 Å². The first-order valence-electron chi connectivity index (χ1n) is 5.54. The van der Waals surface area contributed by atoms with E-state index in [-0.39, 0.29) is 5.91 Å². The number of anilines is 1. The molecule has 16 heavy (non-hydrogen) atoms. The molecule has 1 aliphatic carbocycles. The Bertz CT molecular complexity index is 400. The molecule has 1 fully saturated rings. The molecule has 0 bridgehead atoms. The van der Waals surface area contributed by atoms with Crippen molar-refractivity contribution in [2.75, 3.05) is 12.3 Å². The van der Waals surface area contributed by atoms with Crippen LogP contribution < -0.4 is 15.8 Å². The number of hydrogen-bond donors (Lipinski definition) is 2. The second-order valence-electron chi connectivity index (χ2n) is 3.93. The van der Waals surface area contributed by atoms with Crippen molar-refractivity contribution in [1.29, 1.82) is 0 Å². The Balaban J connectivity index is 2.09. The number of ether oxygens (including phenoxy) is 1. The van der Waals surface area contributed by atoms with E-state index in [1.54, 1.807) is 18.2 Å². The molecular formula is C12H16N2O2. The molecule has 1 aromatic rings. The van der Waals surface area contributed by atoms with Gasteiger partial charge in [0.05, 0.1) is 12.3 Å². The van der Waals surface area contributed by atoms with Crippen molar-refractivity contribution in [3.05, 3.63) is 23.8 Å². The monoisotopic (exact) mass is 220 g/mol. The summed E-state index contributed by atoms with van der Waals surface area (Å²) in [6.07, 6.45) is 2.16. The molecule has 2 rings (SSSR count). The molecule has 1 saturated carbocycles. The molecule has 0 heterocycles. The van der Waals surface area contributed by atoms with E-state index in [1.165, 1.54) is 0 Å². The molecule has 4 heteroatoms. The molecule has 86 valence electrons. The van der Waals surface area contributed by atoms with Crippen LogP contribution in [0.25, 0.3) is 0 Å². The van der Waals surface area contributed by atoms with Crippen LogP contribution in [0, 0.1) is 0 Å². The highest BCUT2D eigenvalue weighted by molar-refractivity contribution is 5.95. The van der Waals surface area contributed by atoms with Crippen molar-refractivity contribution in [2.24, 2.45) is 0 Å². The number of amides is 1. The quantitative estimate of drug-likeness (QED) is 0.757. The minimum absolute atomic E-state index is 0.0581. The Labute approximate surface area is 94.8 Å². The number of carbonyl (C=O) groups excluding carboxylic acids is 1. The first-order chi connectivity index (χ1) is 7.70. The van der Waals surface area contributed by atoms with Crippen LogP contribution in [0.2, 0.25) is 0 Å². The third-order valence-electron chi connectivity index (χ3n) is 2.48. The van der Waals surface area contributed by atoms with Gasteiger partial charge in [-0.25, -0.2) is 0 Å². The molecule has 0 aromatic heterocycles. The molecule has 0 spiro atoms. The van der Waals surface area contributed by atoms with Crippen LogP contribution in [-0.4, -0.2) is 18.6 Å². The molecule has 0 saturated heterocycles. The van der Waals surface area contributed by atoms with E-state index in [1.807, 2.05) is 6.92 Å². The lowest BCUT2D eigenvalue weighted by atomic mass is 10.1. The lowest BCUT2D eigenvalue weighted by molar-refractivity contribution is 0.0951. The maximum absolute atomic E-state index is 11.7. The number of nitrogens with two attached hydrogens (primary N) is 1. The van der Waals surface area contributed by atoms with E-state index >= 15 is 0 Å². The average molecular weight is 220 g/mol. The standard InChI is InChI=1S/C12H16N2O2/c1-2-16-11-6-3-8(7-10(11)13)12(15)14-9-4-5-9/h3,6-7,9H,2,4-5,13H2,1H3,(H,14,15). The molecule has 1 aliphatic rings. The molecular weight excluding hydrogens is 204 g/mol. The molecule has 0 aliphatic heterocycles. The van der Waals surface area contributed by atoms with E-state index in [4.69, 9.17) is 10.5 Å². The first-order valence-corrected chi connectivity index (χ1v) is 5.54. The molecule has 0 unspecified atom stereocenters. The fourth-order valence-corrected chi connectivity index (χ4v) is 1.47. The van der Waals surface area contributed by atoms with Gasteiger partial charge in [-0.15, -0.1) is 0 Å². The summed E-state index contributed by atoms with van der Waals surface area (Å²) in [4.78, 5) is 11.7. The van der Waals surface area contributed by atoms with Gasteiger partial charge in [0.25, 0.3) is 5.91 Å². The predicted octanol–water partition coefficient (Wildman–Crippen LogP) is 1.56. The fraction of sp³-hybridized carbons (Fsp3) is 0.417. The van der Waals surface area contributed by atoms with Gasteiger partial charge in [0.1, 0.15) is 5.75 Å². The van der Waals surface area contributed by atoms with Gasteiger partial charge in [-0.1, -0.05) is 0 Å². The van der Waals surface area contributed by atoms with Crippen LogP contribution in [0.4, 0.5) is 5.69 Å². The number of nitrogens with one attached hydrogen (secondary N) is 1. The molecule has 1 aromatic carbocycles. The average Bonchev–Trinajstić information content (AvgIpc) is 3.05. The number of nitrogen functional groups attached to an aromatic ring is 1. The van der Waals surface area contributed by atoms with Gasteiger partial charge in [0, 0.05) is 11.6 Å². The van der Waals surface area contributed by atoms with Gasteiger partial charge in [0.15, 0.2) is 0 Å². The summed E-state index contributed by atoms with van der Waals surface area (Å²) < 4.78 is 5.31. The minimum atomic E-state index is -0.0581. The molecule has 4 nitrogen and oxygen atoms in total. The maximum atomic E-state index is 11.7. The van der Waals surface area contributed by atoms with Crippen LogP contribution in [-0.2, 0) is 0 Å². The van der Waals surface area contributed by atoms with E-state index in [9.17, 15) is 4.79 Å². The highest BCUT2D eigenvalue weighted by atomic mass is 16.5. The Morgan fingerprint density at radius 2 is 2.31 bits per heavy atom. The summed E-state index contributed by atoms with van der Waals surface area (Å²) in [6, 6.07) is 5.49. The van der Waals surface area contributed by atoms with Crippen LogP contribution in [0.15, 0.2) is 18.2 Å². The number of carbonyl (C=O) groups is 1. The lowest BCUT2D eigenvalue weighted by Gasteiger charge is -2.08. The molecule has 1 amide bonds. The molecule has 0 atom stereocenters. The Morgan fingerprint density at radius 1 is 1.56 bits per heavy atom. The highest BCUT2D eigenvalue weighted by Gasteiger charge is 2.23. The SMILES string of the molecule is CCOc1ccc(C(=O)NC2CC2)cc1N. The zero-order valence-electron chi connectivity index (χ0n) is 9.32. The summed E-state index contributed by atoms with van der Waals surface area (Å²) in [5.74, 6) is 0.572. The van der Waals surface area contributed by atoms with Gasteiger partial charge in [-0.2, -0.15) is 0 Å². The summed E-state index contributed by atoms with van der Waals surface area (Å²) in [5, 5.41) is 2.91. The Hall–Kier alpha value is -1.71. The maximum Gasteiger partial charge on any atom is 0.251 e. The highest BCUT2D eigenvalue weighted by Crippen LogP contribution is 2.24. The van der Waals surface area contributed by atoms with E-state index in [2.05, 4.69) is 5.32 Å². The van der Waals surface area contributed by atoms with Gasteiger partial charge in [0.2, 0.25) is 0 Å². The van der Waals surface area contributed by atoms with E-state index < -0.39 is 0 Å². The minimum Gasteiger partial charge on any atom is -0.492 e. The molecule has 3 N–H and O–H groups in total. The van der Waals surface area contributed by atoms with Gasteiger partial charge >= 0.3 is 0 Å². The fourth-order valence-electron chi connectivity index (χ4n) is 1.47. The Kier molecular flexibility index (Phi) is 2.99. The van der Waals surface area contributed by atoms with Gasteiger partial charge in [-0.3, -0.25) is 4.79 Å². The van der Waals surface area contributed by atoms with Crippen molar-refractivity contribution in [1.82, 2.24) is 5.32 Å². The third-order valence-corrected chi connectivity index (χ3v) is 2.48. The number of hydrogen-bond acceptors (Lipinski definition) is 3. The first kappa shape index (κ1) is 10.8. The van der Waals surface area contributed by atoms with Crippen LogP contribution >= 0.6 is 0 Å². The second kappa shape index (κ2) is 4.43.